The minimum atomic E-state index is -3.67. The fourth-order valence-electron chi connectivity index (χ4n) is 3.72. The van der Waals surface area contributed by atoms with Crippen molar-refractivity contribution in [3.63, 3.8) is 0 Å². The average molecular weight is 467 g/mol. The van der Waals surface area contributed by atoms with E-state index in [0.29, 0.717) is 35.8 Å². The Kier molecular flexibility index (Phi) is 6.78. The van der Waals surface area contributed by atoms with Gasteiger partial charge in [0, 0.05) is 18.7 Å². The van der Waals surface area contributed by atoms with Gasteiger partial charge in [0.15, 0.2) is 5.75 Å². The molecule has 0 spiro atoms. The first-order chi connectivity index (χ1) is 15.8. The lowest BCUT2D eigenvalue weighted by molar-refractivity contribution is -0.0440. The van der Waals surface area contributed by atoms with Crippen LogP contribution in [-0.2, 0) is 14.8 Å². The van der Waals surface area contributed by atoms with Gasteiger partial charge in [0.25, 0.3) is 5.91 Å². The maximum absolute atomic E-state index is 13.0. The van der Waals surface area contributed by atoms with Crippen molar-refractivity contribution >= 4 is 21.6 Å². The first-order valence-electron chi connectivity index (χ1n) is 10.7. The molecule has 0 aliphatic carbocycles. The molecule has 1 N–H and O–H groups in total. The summed E-state index contributed by atoms with van der Waals surface area (Å²) in [6.45, 7) is 4.30. The Morgan fingerprint density at radius 3 is 2.18 bits per heavy atom. The van der Waals surface area contributed by atoms with Crippen LogP contribution in [0.5, 0.6) is 11.5 Å². The number of carbonyl (C=O) groups excluding carboxylic acids is 1. The van der Waals surface area contributed by atoms with E-state index in [1.165, 1.54) is 28.6 Å². The van der Waals surface area contributed by atoms with Gasteiger partial charge in [-0.15, -0.1) is 0 Å². The van der Waals surface area contributed by atoms with E-state index in [9.17, 15) is 13.2 Å². The molecule has 172 valence electrons. The highest BCUT2D eigenvalue weighted by atomic mass is 32.2. The van der Waals surface area contributed by atoms with Crippen LogP contribution in [0.15, 0.2) is 83.8 Å². The van der Waals surface area contributed by atoms with Crippen LogP contribution in [0, 0.1) is 0 Å². The van der Waals surface area contributed by atoms with Crippen LogP contribution >= 0.6 is 0 Å². The zero-order chi connectivity index (χ0) is 23.4. The van der Waals surface area contributed by atoms with E-state index >= 15 is 0 Å². The highest BCUT2D eigenvalue weighted by Gasteiger charge is 2.32. The van der Waals surface area contributed by atoms with E-state index in [-0.39, 0.29) is 23.0 Å². The van der Waals surface area contributed by atoms with Gasteiger partial charge in [-0.05, 0) is 62.4 Å². The number of ether oxygens (including phenoxy) is 2. The van der Waals surface area contributed by atoms with E-state index < -0.39 is 10.0 Å². The zero-order valence-electron chi connectivity index (χ0n) is 18.5. The molecular formula is C25H26N2O5S. The maximum atomic E-state index is 13.0. The molecular weight excluding hydrogens is 440 g/mol. The van der Waals surface area contributed by atoms with E-state index in [1.54, 1.807) is 18.2 Å². The summed E-state index contributed by atoms with van der Waals surface area (Å²) < 4.78 is 39.0. The standard InChI is InChI=1S/C25H26N2O5S/c1-18-16-27(17-19(2)31-18)33(29,30)22-14-12-20(13-15-22)25(28)26-23-10-6-7-11-24(23)32-21-8-4-3-5-9-21/h3-15,18-19H,16-17H2,1-2H3,(H,26,28)/t18-,19-/m0/s1. The molecule has 1 amide bonds. The Morgan fingerprint density at radius 1 is 0.909 bits per heavy atom. The number of hydrogen-bond donors (Lipinski definition) is 1. The van der Waals surface area contributed by atoms with Crippen LogP contribution in [0.3, 0.4) is 0 Å². The van der Waals surface area contributed by atoms with Gasteiger partial charge in [0.2, 0.25) is 10.0 Å². The van der Waals surface area contributed by atoms with Gasteiger partial charge < -0.3 is 14.8 Å². The SMILES string of the molecule is C[C@H]1CN(S(=O)(=O)c2ccc(C(=O)Nc3ccccc3Oc3ccccc3)cc2)C[C@H](C)O1. The fraction of sp³-hybridized carbons (Fsp3) is 0.240. The Balaban J connectivity index is 1.48. The molecule has 0 unspecified atom stereocenters. The van der Waals surface area contributed by atoms with Crippen LogP contribution in [0.4, 0.5) is 5.69 Å². The molecule has 0 saturated carbocycles. The number of nitrogens with zero attached hydrogens (tertiary/aromatic N) is 1. The second kappa shape index (κ2) is 9.74. The van der Waals surface area contributed by atoms with Crippen molar-refractivity contribution in [3.05, 3.63) is 84.4 Å². The van der Waals surface area contributed by atoms with Gasteiger partial charge in [-0.3, -0.25) is 4.79 Å². The predicted molar refractivity (Wildman–Crippen MR) is 126 cm³/mol. The largest absolute Gasteiger partial charge is 0.455 e. The molecule has 0 aromatic heterocycles. The van der Waals surface area contributed by atoms with Gasteiger partial charge >= 0.3 is 0 Å². The molecule has 3 aromatic rings. The third-order valence-electron chi connectivity index (χ3n) is 5.25. The van der Waals surface area contributed by atoms with E-state index in [1.807, 2.05) is 50.2 Å². The topological polar surface area (TPSA) is 84.9 Å². The third-order valence-corrected chi connectivity index (χ3v) is 7.09. The Morgan fingerprint density at radius 2 is 1.52 bits per heavy atom. The van der Waals surface area contributed by atoms with Gasteiger partial charge in [-0.1, -0.05) is 30.3 Å². The molecule has 4 rings (SSSR count). The second-order valence-corrected chi connectivity index (χ2v) is 9.91. The zero-order valence-corrected chi connectivity index (χ0v) is 19.3. The van der Waals surface area contributed by atoms with Gasteiger partial charge in [0.1, 0.15) is 5.75 Å². The van der Waals surface area contributed by atoms with E-state index in [4.69, 9.17) is 9.47 Å². The normalized spacial score (nSPS) is 19.1. The van der Waals surface area contributed by atoms with Crippen molar-refractivity contribution in [1.29, 1.82) is 0 Å². The molecule has 7 nitrogen and oxygen atoms in total. The summed E-state index contributed by atoms with van der Waals surface area (Å²) in [5.41, 5.74) is 0.853. The van der Waals surface area contributed by atoms with Gasteiger partial charge in [-0.2, -0.15) is 4.31 Å². The predicted octanol–water partition coefficient (Wildman–Crippen LogP) is 4.53. The van der Waals surface area contributed by atoms with Crippen molar-refractivity contribution in [2.45, 2.75) is 31.0 Å². The van der Waals surface area contributed by atoms with E-state index in [0.717, 1.165) is 0 Å². The molecule has 8 heteroatoms. The first kappa shape index (κ1) is 23.0. The minimum absolute atomic E-state index is 0.146. The summed E-state index contributed by atoms with van der Waals surface area (Å²) >= 11 is 0. The number of morpholine rings is 1. The number of benzene rings is 3. The summed E-state index contributed by atoms with van der Waals surface area (Å²) in [6, 6.07) is 22.3. The summed E-state index contributed by atoms with van der Waals surface area (Å²) in [5, 5.41) is 2.84. The molecule has 33 heavy (non-hydrogen) atoms. The van der Waals surface area contributed by atoms with Gasteiger partial charge in [0.05, 0.1) is 22.8 Å². The second-order valence-electron chi connectivity index (χ2n) is 7.97. The summed E-state index contributed by atoms with van der Waals surface area (Å²) in [6.07, 6.45) is -0.349. The van der Waals surface area contributed by atoms with Crippen molar-refractivity contribution in [2.75, 3.05) is 18.4 Å². The Bertz CT molecular complexity index is 1200. The fourth-order valence-corrected chi connectivity index (χ4v) is 5.31. The molecule has 1 aliphatic heterocycles. The van der Waals surface area contributed by atoms with Crippen LogP contribution in [0.25, 0.3) is 0 Å². The quantitative estimate of drug-likeness (QED) is 0.577. The monoisotopic (exact) mass is 466 g/mol. The van der Waals surface area contributed by atoms with Gasteiger partial charge in [-0.25, -0.2) is 8.42 Å². The number of sulfonamides is 1. The van der Waals surface area contributed by atoms with Crippen molar-refractivity contribution < 1.29 is 22.7 Å². The molecule has 1 fully saturated rings. The lowest BCUT2D eigenvalue weighted by atomic mass is 10.2. The Labute approximate surface area is 194 Å². The lowest BCUT2D eigenvalue weighted by Gasteiger charge is -2.34. The third kappa shape index (κ3) is 5.42. The van der Waals surface area contributed by atoms with Crippen molar-refractivity contribution in [1.82, 2.24) is 4.31 Å². The maximum Gasteiger partial charge on any atom is 0.255 e. The summed E-state index contributed by atoms with van der Waals surface area (Å²) in [7, 11) is -3.67. The molecule has 1 heterocycles. The first-order valence-corrected chi connectivity index (χ1v) is 12.2. The summed E-state index contributed by atoms with van der Waals surface area (Å²) in [5.74, 6) is 0.795. The highest BCUT2D eigenvalue weighted by Crippen LogP contribution is 2.29. The number of para-hydroxylation sites is 3. The summed E-state index contributed by atoms with van der Waals surface area (Å²) in [4.78, 5) is 13.0. The molecule has 1 aliphatic rings. The minimum Gasteiger partial charge on any atom is -0.455 e. The lowest BCUT2D eigenvalue weighted by Crippen LogP contribution is -2.48. The van der Waals surface area contributed by atoms with Crippen LogP contribution < -0.4 is 10.1 Å². The Hall–Kier alpha value is -3.20. The number of nitrogens with one attached hydrogen (secondary N) is 1. The van der Waals surface area contributed by atoms with Crippen molar-refractivity contribution in [3.8, 4) is 11.5 Å². The highest BCUT2D eigenvalue weighted by molar-refractivity contribution is 7.89. The number of rotatable bonds is 6. The van der Waals surface area contributed by atoms with Crippen molar-refractivity contribution in [2.24, 2.45) is 0 Å². The van der Waals surface area contributed by atoms with Crippen LogP contribution in [0.1, 0.15) is 24.2 Å². The molecule has 0 radical (unpaired) electrons. The van der Waals surface area contributed by atoms with Crippen LogP contribution in [0.2, 0.25) is 0 Å². The average Bonchev–Trinajstić information content (AvgIpc) is 2.80. The molecule has 2 atom stereocenters. The number of hydrogen-bond acceptors (Lipinski definition) is 5. The molecule has 0 bridgehead atoms. The van der Waals surface area contributed by atoms with E-state index in [2.05, 4.69) is 5.32 Å². The van der Waals surface area contributed by atoms with Crippen LogP contribution in [-0.4, -0.2) is 43.9 Å². The number of carbonyl (C=O) groups is 1. The molecule has 3 aromatic carbocycles. The number of amides is 1. The number of anilines is 1. The molecule has 1 saturated heterocycles. The smallest absolute Gasteiger partial charge is 0.255 e.